The Balaban J connectivity index is 1.56. The number of halogens is 1. The number of anilines is 3. The molecule has 5 rings (SSSR count). The van der Waals surface area contributed by atoms with E-state index in [1.807, 2.05) is 0 Å². The lowest BCUT2D eigenvalue weighted by Gasteiger charge is -2.12. The van der Waals surface area contributed by atoms with Crippen LogP contribution in [0, 0.1) is 5.82 Å². The van der Waals surface area contributed by atoms with Gasteiger partial charge in [-0.3, -0.25) is 10.1 Å². The molecule has 0 bridgehead atoms. The number of hydrogen-bond acceptors (Lipinski definition) is 7. The van der Waals surface area contributed by atoms with Crippen molar-refractivity contribution in [2.45, 2.75) is 18.9 Å². The molecule has 1 saturated carbocycles. The minimum atomic E-state index is -0.589. The highest BCUT2D eigenvalue weighted by atomic mass is 19.1. The number of rotatable bonds is 6. The van der Waals surface area contributed by atoms with Crippen molar-refractivity contribution in [2.24, 2.45) is 0 Å². The second kappa shape index (κ2) is 7.27. The Bertz CT molecular complexity index is 1250. The lowest BCUT2D eigenvalue weighted by Crippen LogP contribution is -2.22. The number of imide groups is 1. The molecule has 3 aromatic rings. The van der Waals surface area contributed by atoms with Crippen LogP contribution in [0.4, 0.5) is 26.5 Å². The van der Waals surface area contributed by atoms with E-state index in [9.17, 15) is 14.0 Å². The topological polar surface area (TPSA) is 122 Å². The van der Waals surface area contributed by atoms with Crippen LogP contribution in [0.1, 0.15) is 18.4 Å². The van der Waals surface area contributed by atoms with Gasteiger partial charge in [-0.1, -0.05) is 0 Å². The van der Waals surface area contributed by atoms with Crippen LogP contribution in [0.25, 0.3) is 11.7 Å². The molecule has 0 atom stereocenters. The van der Waals surface area contributed by atoms with Gasteiger partial charge in [0.1, 0.15) is 28.9 Å². The summed E-state index contributed by atoms with van der Waals surface area (Å²) in [6.45, 7) is 0. The molecule has 1 aliphatic carbocycles. The largest absolute Gasteiger partial charge is 0.497 e. The third-order valence-corrected chi connectivity index (χ3v) is 4.89. The first-order valence-corrected chi connectivity index (χ1v) is 9.60. The van der Waals surface area contributed by atoms with Crippen LogP contribution in [0.3, 0.4) is 0 Å². The summed E-state index contributed by atoms with van der Waals surface area (Å²) < 4.78 is 21.1. The first-order valence-electron chi connectivity index (χ1n) is 9.60. The summed E-state index contributed by atoms with van der Waals surface area (Å²) in [5.41, 5.74) is 1.28. The van der Waals surface area contributed by atoms with Gasteiger partial charge < -0.3 is 20.7 Å². The van der Waals surface area contributed by atoms with Crippen molar-refractivity contribution in [2.75, 3.05) is 17.7 Å². The molecule has 0 spiro atoms. The first-order chi connectivity index (χ1) is 15.0. The predicted octanol–water partition coefficient (Wildman–Crippen LogP) is 2.38. The van der Waals surface area contributed by atoms with Gasteiger partial charge in [0.25, 0.3) is 5.91 Å². The fourth-order valence-electron chi connectivity index (χ4n) is 3.19. The molecule has 10 nitrogen and oxygen atoms in total. The average molecular weight is 423 g/mol. The molecule has 31 heavy (non-hydrogen) atoms. The summed E-state index contributed by atoms with van der Waals surface area (Å²) in [5.74, 6) is 0.451. The van der Waals surface area contributed by atoms with Crippen LogP contribution < -0.4 is 26.0 Å². The van der Waals surface area contributed by atoms with Crippen molar-refractivity contribution in [1.29, 1.82) is 0 Å². The maximum absolute atomic E-state index is 14.4. The number of carbonyl (C=O) groups excluding carboxylic acids is 2. The van der Waals surface area contributed by atoms with E-state index in [1.165, 1.54) is 19.3 Å². The highest BCUT2D eigenvalue weighted by molar-refractivity contribution is 6.14. The molecule has 3 heterocycles. The molecule has 2 fully saturated rings. The van der Waals surface area contributed by atoms with Crippen molar-refractivity contribution in [3.8, 4) is 5.75 Å². The summed E-state index contributed by atoms with van der Waals surface area (Å²) in [6, 6.07) is 5.97. The SMILES string of the molecule is COc1ccc(Nc2cc(NC3CC3)n3ncc(/C=C4\NC(=O)NC4=O)c3n2)c(F)c1. The molecule has 2 aliphatic rings. The minimum Gasteiger partial charge on any atom is -0.497 e. The highest BCUT2D eigenvalue weighted by Crippen LogP contribution is 2.29. The standard InChI is InChI=1S/C20H18FN7O3/c1-31-12-4-5-14(13(21)7-12)24-16-8-17(23-11-2-3-11)28-18(26-16)10(9-22-28)6-15-19(29)27-20(30)25-15/h4-9,11,23H,2-3H2,1H3,(H,24,26)(H2,25,27,29,30)/b15-6-. The van der Waals surface area contributed by atoms with E-state index in [-0.39, 0.29) is 11.4 Å². The number of benzene rings is 1. The van der Waals surface area contributed by atoms with Gasteiger partial charge in [-0.15, -0.1) is 0 Å². The molecular weight excluding hydrogens is 405 g/mol. The number of methoxy groups -OCH3 is 1. The highest BCUT2D eigenvalue weighted by Gasteiger charge is 2.25. The lowest BCUT2D eigenvalue weighted by molar-refractivity contribution is -0.115. The smallest absolute Gasteiger partial charge is 0.326 e. The zero-order valence-corrected chi connectivity index (χ0v) is 16.4. The van der Waals surface area contributed by atoms with Crippen LogP contribution in [-0.4, -0.2) is 39.7 Å². The van der Waals surface area contributed by atoms with Gasteiger partial charge >= 0.3 is 6.03 Å². The monoisotopic (exact) mass is 423 g/mol. The quantitative estimate of drug-likeness (QED) is 0.355. The predicted molar refractivity (Wildman–Crippen MR) is 111 cm³/mol. The van der Waals surface area contributed by atoms with Crippen molar-refractivity contribution in [3.63, 3.8) is 0 Å². The van der Waals surface area contributed by atoms with Gasteiger partial charge in [0.05, 0.1) is 19.0 Å². The molecule has 158 valence electrons. The minimum absolute atomic E-state index is 0.0953. The number of hydrogen-bond donors (Lipinski definition) is 4. The summed E-state index contributed by atoms with van der Waals surface area (Å²) in [6.07, 6.45) is 5.13. The number of amides is 3. The molecule has 1 aromatic carbocycles. The first kappa shape index (κ1) is 18.9. The Morgan fingerprint density at radius 3 is 2.77 bits per heavy atom. The van der Waals surface area contributed by atoms with Gasteiger partial charge in [-0.05, 0) is 31.1 Å². The van der Waals surface area contributed by atoms with Gasteiger partial charge in [0.2, 0.25) is 0 Å². The fraction of sp³-hybridized carbons (Fsp3) is 0.200. The fourth-order valence-corrected chi connectivity index (χ4v) is 3.19. The summed E-state index contributed by atoms with van der Waals surface area (Å²) in [5, 5.41) is 15.3. The molecule has 1 aliphatic heterocycles. The lowest BCUT2D eigenvalue weighted by atomic mass is 10.2. The maximum Gasteiger partial charge on any atom is 0.326 e. The van der Waals surface area contributed by atoms with Crippen molar-refractivity contribution >= 4 is 41.0 Å². The molecule has 3 amide bonds. The normalized spacial score (nSPS) is 17.0. The molecule has 2 aromatic heterocycles. The molecule has 11 heteroatoms. The van der Waals surface area contributed by atoms with Gasteiger partial charge in [-0.2, -0.15) is 9.61 Å². The second-order valence-corrected chi connectivity index (χ2v) is 7.22. The van der Waals surface area contributed by atoms with Crippen LogP contribution in [0.15, 0.2) is 36.2 Å². The number of nitrogens with one attached hydrogen (secondary N) is 4. The van der Waals surface area contributed by atoms with E-state index >= 15 is 0 Å². The van der Waals surface area contributed by atoms with Crippen LogP contribution in [0.2, 0.25) is 0 Å². The second-order valence-electron chi connectivity index (χ2n) is 7.22. The van der Waals surface area contributed by atoms with Gasteiger partial charge in [0, 0.05) is 23.7 Å². The zero-order valence-electron chi connectivity index (χ0n) is 16.4. The number of ether oxygens (including phenoxy) is 1. The van der Waals surface area contributed by atoms with E-state index in [0.29, 0.717) is 34.6 Å². The molecule has 1 saturated heterocycles. The van der Waals surface area contributed by atoms with Crippen molar-refractivity contribution < 1.29 is 18.7 Å². The Labute approximate surface area is 175 Å². The van der Waals surface area contributed by atoms with E-state index in [0.717, 1.165) is 12.8 Å². The number of carbonyl (C=O) groups is 2. The van der Waals surface area contributed by atoms with E-state index < -0.39 is 17.8 Å². The van der Waals surface area contributed by atoms with Crippen LogP contribution in [-0.2, 0) is 4.79 Å². The molecular formula is C20H18FN7O3. The van der Waals surface area contributed by atoms with Crippen molar-refractivity contribution in [3.05, 3.63) is 47.5 Å². The maximum atomic E-state index is 14.4. The van der Waals surface area contributed by atoms with E-state index in [2.05, 4.69) is 31.3 Å². The summed E-state index contributed by atoms with van der Waals surface area (Å²) >= 11 is 0. The molecule has 4 N–H and O–H groups in total. The van der Waals surface area contributed by atoms with E-state index in [4.69, 9.17) is 4.74 Å². The number of fused-ring (bicyclic) bond motifs is 1. The number of urea groups is 1. The number of aromatic nitrogens is 3. The number of nitrogens with zero attached hydrogens (tertiary/aromatic N) is 3. The van der Waals surface area contributed by atoms with E-state index in [1.54, 1.807) is 28.9 Å². The van der Waals surface area contributed by atoms with Gasteiger partial charge in [-0.25, -0.2) is 14.2 Å². The molecule has 0 unspecified atom stereocenters. The third-order valence-electron chi connectivity index (χ3n) is 4.89. The van der Waals surface area contributed by atoms with Crippen molar-refractivity contribution in [1.82, 2.24) is 25.2 Å². The zero-order chi connectivity index (χ0) is 21.5. The van der Waals surface area contributed by atoms with Crippen LogP contribution >= 0.6 is 0 Å². The summed E-state index contributed by atoms with van der Waals surface area (Å²) in [7, 11) is 1.47. The molecule has 0 radical (unpaired) electrons. The summed E-state index contributed by atoms with van der Waals surface area (Å²) in [4.78, 5) is 27.8. The Morgan fingerprint density at radius 2 is 2.10 bits per heavy atom. The van der Waals surface area contributed by atoms with Gasteiger partial charge in [0.15, 0.2) is 5.65 Å². The average Bonchev–Trinajstić information content (AvgIpc) is 3.38. The Morgan fingerprint density at radius 1 is 1.26 bits per heavy atom. The Kier molecular flexibility index (Phi) is 4.42. The van der Waals surface area contributed by atoms with Crippen LogP contribution in [0.5, 0.6) is 5.75 Å². The Hall–Kier alpha value is -4.15. The third kappa shape index (κ3) is 3.72.